The van der Waals surface area contributed by atoms with Crippen LogP contribution in [-0.4, -0.2) is 34.0 Å². The van der Waals surface area contributed by atoms with Gasteiger partial charge >= 0.3 is 29.6 Å². The Morgan fingerprint density at radius 2 is 1.95 bits per heavy atom. The van der Waals surface area contributed by atoms with Crippen molar-refractivity contribution in [1.82, 2.24) is 4.72 Å². The molecule has 1 N–H and O–H groups in total. The quantitative estimate of drug-likeness (QED) is 0.326. The van der Waals surface area contributed by atoms with Gasteiger partial charge in [-0.1, -0.05) is 31.9 Å². The van der Waals surface area contributed by atoms with Crippen molar-refractivity contribution in [3.8, 4) is 0 Å². The second-order valence-corrected chi connectivity index (χ2v) is 9.07. The SMILES string of the molecule is CC[C@@H](C)[C@H](COS(=O)(=O)[O-])NS(=O)(=O)c1ccc(Cl)s1.[Na+]. The summed E-state index contributed by atoms with van der Waals surface area (Å²) in [6.45, 7) is 2.97. The van der Waals surface area contributed by atoms with E-state index in [-0.39, 0.29) is 39.7 Å². The fourth-order valence-electron chi connectivity index (χ4n) is 1.46. The molecule has 1 aromatic heterocycles. The summed E-state index contributed by atoms with van der Waals surface area (Å²) < 4.78 is 62.7. The molecule has 0 fully saturated rings. The van der Waals surface area contributed by atoms with Crippen molar-refractivity contribution in [3.63, 3.8) is 0 Å². The standard InChI is InChI=1S/C10H16ClNO6S3.Na/c1-3-7(2)8(6-18-21(15,16)17)12-20(13,14)10-5-4-9(11)19-10;/h4-5,7-8,12H,3,6H2,1-2H3,(H,15,16,17);/q;+1/p-1/t7-,8+;/m1./s1. The van der Waals surface area contributed by atoms with Crippen molar-refractivity contribution >= 4 is 43.4 Å². The summed E-state index contributed by atoms with van der Waals surface area (Å²) in [5, 5.41) is 0. The molecule has 0 aliphatic rings. The third-order valence-electron chi connectivity index (χ3n) is 2.84. The molecule has 0 saturated heterocycles. The Labute approximate surface area is 161 Å². The van der Waals surface area contributed by atoms with Crippen molar-refractivity contribution in [2.24, 2.45) is 5.92 Å². The topological polar surface area (TPSA) is 113 Å². The summed E-state index contributed by atoms with van der Waals surface area (Å²) in [6, 6.07) is 1.94. The molecule has 1 aromatic rings. The van der Waals surface area contributed by atoms with Crippen LogP contribution in [-0.2, 0) is 24.6 Å². The Balaban J connectivity index is 0.00000441. The predicted octanol–water partition coefficient (Wildman–Crippen LogP) is -1.42. The Hall–Kier alpha value is 0.770. The normalized spacial score (nSPS) is 15.1. The molecule has 0 saturated carbocycles. The average Bonchev–Trinajstić information content (AvgIpc) is 2.80. The van der Waals surface area contributed by atoms with Crippen molar-refractivity contribution in [2.75, 3.05) is 6.61 Å². The monoisotopic (exact) mass is 399 g/mol. The minimum Gasteiger partial charge on any atom is -0.726 e. The molecule has 0 radical (unpaired) electrons. The molecule has 12 heteroatoms. The van der Waals surface area contributed by atoms with Crippen molar-refractivity contribution in [3.05, 3.63) is 16.5 Å². The summed E-state index contributed by atoms with van der Waals surface area (Å²) in [5.74, 6) is -0.225. The summed E-state index contributed by atoms with van der Waals surface area (Å²) in [6.07, 6.45) is 0.570. The first-order valence-corrected chi connectivity index (χ1v) is 9.94. The molecule has 0 aliphatic heterocycles. The second kappa shape index (κ2) is 9.30. The van der Waals surface area contributed by atoms with Gasteiger partial charge in [-0.3, -0.25) is 4.18 Å². The number of thiophene rings is 1. The van der Waals surface area contributed by atoms with Gasteiger partial charge in [-0.15, -0.1) is 11.3 Å². The molecule has 0 bridgehead atoms. The van der Waals surface area contributed by atoms with E-state index >= 15 is 0 Å². The Bertz CT molecular complexity index is 675. The maximum absolute atomic E-state index is 12.2. The van der Waals surface area contributed by atoms with Gasteiger partial charge in [0.1, 0.15) is 4.21 Å². The number of hydrogen-bond donors (Lipinski definition) is 1. The van der Waals surface area contributed by atoms with Gasteiger partial charge in [-0.05, 0) is 18.1 Å². The van der Waals surface area contributed by atoms with Crippen LogP contribution in [0.4, 0.5) is 0 Å². The van der Waals surface area contributed by atoms with Crippen LogP contribution in [0.2, 0.25) is 4.34 Å². The molecular weight excluding hydrogens is 385 g/mol. The van der Waals surface area contributed by atoms with Gasteiger partial charge in [0, 0.05) is 6.04 Å². The molecule has 0 aliphatic carbocycles. The molecule has 0 spiro atoms. The number of rotatable bonds is 8. The van der Waals surface area contributed by atoms with E-state index in [4.69, 9.17) is 11.6 Å². The molecule has 122 valence electrons. The number of nitrogens with one attached hydrogen (secondary N) is 1. The van der Waals surface area contributed by atoms with Crippen LogP contribution in [0, 0.1) is 5.92 Å². The molecule has 22 heavy (non-hydrogen) atoms. The van der Waals surface area contributed by atoms with Crippen LogP contribution in [0.5, 0.6) is 0 Å². The van der Waals surface area contributed by atoms with E-state index in [0.717, 1.165) is 11.3 Å². The van der Waals surface area contributed by atoms with E-state index in [9.17, 15) is 21.4 Å². The molecule has 0 unspecified atom stereocenters. The van der Waals surface area contributed by atoms with Crippen molar-refractivity contribution < 1.29 is 55.1 Å². The van der Waals surface area contributed by atoms with Gasteiger partial charge in [-0.2, -0.15) is 0 Å². The zero-order chi connectivity index (χ0) is 16.3. The van der Waals surface area contributed by atoms with E-state index in [2.05, 4.69) is 8.91 Å². The molecule has 7 nitrogen and oxygen atoms in total. The maximum atomic E-state index is 12.2. The van der Waals surface area contributed by atoms with Gasteiger partial charge in [0.25, 0.3) is 0 Å². The van der Waals surface area contributed by atoms with Crippen LogP contribution in [0.3, 0.4) is 0 Å². The average molecular weight is 400 g/mol. The van der Waals surface area contributed by atoms with E-state index in [1.807, 2.05) is 0 Å². The van der Waals surface area contributed by atoms with E-state index in [1.54, 1.807) is 13.8 Å². The van der Waals surface area contributed by atoms with Gasteiger partial charge in [0.15, 0.2) is 0 Å². The molecule has 2 atom stereocenters. The number of hydrogen-bond acceptors (Lipinski definition) is 7. The van der Waals surface area contributed by atoms with Crippen LogP contribution in [0.15, 0.2) is 16.3 Å². The summed E-state index contributed by atoms with van der Waals surface area (Å²) in [4.78, 5) is 0. The van der Waals surface area contributed by atoms with Gasteiger partial charge < -0.3 is 4.55 Å². The molecule has 0 amide bonds. The first-order chi connectivity index (χ1) is 9.55. The zero-order valence-corrected chi connectivity index (χ0v) is 17.5. The molecule has 0 aromatic carbocycles. The zero-order valence-electron chi connectivity index (χ0n) is 12.3. The van der Waals surface area contributed by atoms with Crippen LogP contribution in [0.25, 0.3) is 0 Å². The van der Waals surface area contributed by atoms with Crippen molar-refractivity contribution in [2.45, 2.75) is 30.5 Å². The van der Waals surface area contributed by atoms with Crippen LogP contribution < -0.4 is 34.3 Å². The Morgan fingerprint density at radius 3 is 2.36 bits per heavy atom. The fourth-order valence-corrected chi connectivity index (χ4v) is 4.60. The largest absolute Gasteiger partial charge is 1.00 e. The Kier molecular flexibility index (Phi) is 9.63. The number of sulfonamides is 1. The maximum Gasteiger partial charge on any atom is 1.00 e. The molecule has 1 rings (SSSR count). The Morgan fingerprint density at radius 1 is 1.36 bits per heavy atom. The summed E-state index contributed by atoms with van der Waals surface area (Å²) >= 11 is 6.57. The van der Waals surface area contributed by atoms with E-state index in [1.165, 1.54) is 12.1 Å². The first kappa shape index (κ1) is 22.8. The van der Waals surface area contributed by atoms with Crippen molar-refractivity contribution in [1.29, 1.82) is 0 Å². The van der Waals surface area contributed by atoms with Crippen LogP contribution >= 0.6 is 22.9 Å². The predicted molar refractivity (Wildman–Crippen MR) is 78.5 cm³/mol. The van der Waals surface area contributed by atoms with Gasteiger partial charge in [0.05, 0.1) is 10.9 Å². The van der Waals surface area contributed by atoms with Crippen LogP contribution in [0.1, 0.15) is 20.3 Å². The van der Waals surface area contributed by atoms with Gasteiger partial charge in [-0.25, -0.2) is 21.6 Å². The summed E-state index contributed by atoms with van der Waals surface area (Å²) in [7, 11) is -8.73. The fraction of sp³-hybridized carbons (Fsp3) is 0.600. The van der Waals surface area contributed by atoms with Gasteiger partial charge in [0.2, 0.25) is 20.4 Å². The van der Waals surface area contributed by atoms with E-state index < -0.39 is 33.1 Å². The molecular formula is C10H15ClNNaO6S3. The smallest absolute Gasteiger partial charge is 0.726 e. The first-order valence-electron chi connectivity index (χ1n) is 5.93. The second-order valence-electron chi connectivity index (χ2n) is 4.36. The summed E-state index contributed by atoms with van der Waals surface area (Å²) in [5.41, 5.74) is 0. The molecule has 1 heterocycles. The third-order valence-corrected chi connectivity index (χ3v) is 6.48. The third kappa shape index (κ3) is 7.56. The minimum atomic E-state index is -4.88. The number of halogens is 1. The van der Waals surface area contributed by atoms with E-state index in [0.29, 0.717) is 10.8 Å². The minimum absolute atomic E-state index is 0.